The van der Waals surface area contributed by atoms with Crippen LogP contribution >= 0.6 is 11.6 Å². The average Bonchev–Trinajstić information content (AvgIpc) is 2.72. The minimum absolute atomic E-state index is 0.120. The maximum absolute atomic E-state index is 9.62. The second kappa shape index (κ2) is 10.5. The number of benzene rings is 2. The number of aliphatic imine (C=N–C) groups is 1. The molecule has 1 aliphatic heterocycles. The van der Waals surface area contributed by atoms with Gasteiger partial charge < -0.3 is 15.7 Å². The van der Waals surface area contributed by atoms with Gasteiger partial charge in [0.15, 0.2) is 5.96 Å². The lowest BCUT2D eigenvalue weighted by atomic mass is 10.1. The zero-order valence-corrected chi connectivity index (χ0v) is 17.1. The molecule has 0 radical (unpaired) electrons. The van der Waals surface area contributed by atoms with Gasteiger partial charge in [-0.2, -0.15) is 0 Å². The van der Waals surface area contributed by atoms with Gasteiger partial charge in [0.2, 0.25) is 0 Å². The molecule has 0 spiro atoms. The summed E-state index contributed by atoms with van der Waals surface area (Å²) in [6.45, 7) is 4.22. The normalized spacial score (nSPS) is 16.2. The van der Waals surface area contributed by atoms with Crippen molar-refractivity contribution in [1.29, 1.82) is 0 Å². The van der Waals surface area contributed by atoms with Gasteiger partial charge in [-0.1, -0.05) is 54.1 Å². The van der Waals surface area contributed by atoms with Gasteiger partial charge in [-0.15, -0.1) is 0 Å². The number of hydrogen-bond acceptors (Lipinski definition) is 3. The van der Waals surface area contributed by atoms with Crippen LogP contribution in [0.2, 0.25) is 5.02 Å². The van der Waals surface area contributed by atoms with Crippen molar-refractivity contribution in [2.75, 3.05) is 20.1 Å². The van der Waals surface area contributed by atoms with Crippen molar-refractivity contribution in [3.8, 4) is 0 Å². The van der Waals surface area contributed by atoms with Crippen LogP contribution in [0.3, 0.4) is 0 Å². The van der Waals surface area contributed by atoms with E-state index in [2.05, 4.69) is 44.8 Å². The number of guanidine groups is 1. The number of aliphatic hydroxyl groups excluding tert-OH is 1. The van der Waals surface area contributed by atoms with E-state index in [9.17, 15) is 5.11 Å². The molecule has 2 aromatic carbocycles. The van der Waals surface area contributed by atoms with E-state index in [1.807, 2.05) is 24.3 Å². The Morgan fingerprint density at radius 3 is 2.36 bits per heavy atom. The molecule has 3 N–H and O–H groups in total. The van der Waals surface area contributed by atoms with Gasteiger partial charge in [0.1, 0.15) is 0 Å². The maximum atomic E-state index is 9.62. The molecule has 0 aromatic heterocycles. The molecule has 1 heterocycles. The van der Waals surface area contributed by atoms with Gasteiger partial charge in [0.25, 0.3) is 0 Å². The van der Waals surface area contributed by atoms with Crippen molar-refractivity contribution in [3.05, 3.63) is 70.2 Å². The lowest BCUT2D eigenvalue weighted by Gasteiger charge is -2.29. The van der Waals surface area contributed by atoms with E-state index in [4.69, 9.17) is 11.6 Å². The van der Waals surface area contributed by atoms with Crippen LogP contribution in [0.1, 0.15) is 29.5 Å². The first-order valence-corrected chi connectivity index (χ1v) is 10.2. The highest BCUT2D eigenvalue weighted by molar-refractivity contribution is 6.31. The number of halogens is 1. The van der Waals surface area contributed by atoms with E-state index in [0.29, 0.717) is 13.1 Å². The standard InChI is InChI=1S/C22H29ClN4O/c1-24-22(26-15-19-4-2-3-5-21(19)23)25-14-17-6-8-18(9-7-17)16-27-12-10-20(28)11-13-27/h2-9,20,28H,10-16H2,1H3,(H2,24,25,26). The third-order valence-corrected chi connectivity index (χ3v) is 5.44. The van der Waals surface area contributed by atoms with E-state index in [1.165, 1.54) is 11.1 Å². The fraction of sp³-hybridized carbons (Fsp3) is 0.409. The molecule has 6 heteroatoms. The van der Waals surface area contributed by atoms with Crippen molar-refractivity contribution in [1.82, 2.24) is 15.5 Å². The number of rotatable bonds is 6. The summed E-state index contributed by atoms with van der Waals surface area (Å²) in [4.78, 5) is 6.68. The molecule has 0 aliphatic carbocycles. The summed E-state index contributed by atoms with van der Waals surface area (Å²) in [6, 6.07) is 16.5. The van der Waals surface area contributed by atoms with E-state index < -0.39 is 0 Å². The Morgan fingerprint density at radius 1 is 1.04 bits per heavy atom. The van der Waals surface area contributed by atoms with Crippen LogP contribution in [0.15, 0.2) is 53.5 Å². The minimum atomic E-state index is -0.120. The quantitative estimate of drug-likeness (QED) is 0.515. The summed E-state index contributed by atoms with van der Waals surface area (Å²) in [5.41, 5.74) is 3.56. The van der Waals surface area contributed by atoms with Crippen molar-refractivity contribution in [2.45, 2.75) is 38.6 Å². The van der Waals surface area contributed by atoms with Gasteiger partial charge in [-0.3, -0.25) is 9.89 Å². The van der Waals surface area contributed by atoms with E-state index >= 15 is 0 Å². The average molecular weight is 401 g/mol. The van der Waals surface area contributed by atoms with Crippen molar-refractivity contribution in [2.24, 2.45) is 4.99 Å². The van der Waals surface area contributed by atoms with Crippen molar-refractivity contribution < 1.29 is 5.11 Å². The van der Waals surface area contributed by atoms with Crippen LogP contribution in [-0.2, 0) is 19.6 Å². The number of aliphatic hydroxyl groups is 1. The summed E-state index contributed by atoms with van der Waals surface area (Å²) in [5, 5.41) is 17.0. The number of piperidine rings is 1. The first-order chi connectivity index (χ1) is 13.6. The molecule has 1 aliphatic rings. The number of nitrogens with zero attached hydrogens (tertiary/aromatic N) is 2. The largest absolute Gasteiger partial charge is 0.393 e. The molecule has 150 valence electrons. The first kappa shape index (κ1) is 20.6. The highest BCUT2D eigenvalue weighted by Crippen LogP contribution is 2.15. The highest BCUT2D eigenvalue weighted by atomic mass is 35.5. The zero-order chi connectivity index (χ0) is 19.8. The smallest absolute Gasteiger partial charge is 0.191 e. The Hall–Kier alpha value is -2.08. The van der Waals surface area contributed by atoms with Gasteiger partial charge >= 0.3 is 0 Å². The summed E-state index contributed by atoms with van der Waals surface area (Å²) in [6.07, 6.45) is 1.63. The molecule has 0 amide bonds. The van der Waals surface area contributed by atoms with E-state index in [0.717, 1.165) is 49.0 Å². The molecule has 3 rings (SSSR count). The van der Waals surface area contributed by atoms with Gasteiger partial charge in [0.05, 0.1) is 6.10 Å². The van der Waals surface area contributed by atoms with Crippen molar-refractivity contribution >= 4 is 17.6 Å². The lowest BCUT2D eigenvalue weighted by Crippen LogP contribution is -2.36. The molecule has 0 unspecified atom stereocenters. The van der Waals surface area contributed by atoms with Gasteiger partial charge in [-0.05, 0) is 35.6 Å². The van der Waals surface area contributed by atoms with Crippen molar-refractivity contribution in [3.63, 3.8) is 0 Å². The SMILES string of the molecule is CN=C(NCc1ccc(CN2CCC(O)CC2)cc1)NCc1ccccc1Cl. The Kier molecular flexibility index (Phi) is 7.71. The molecular weight excluding hydrogens is 372 g/mol. The van der Waals surface area contributed by atoms with Crippen LogP contribution in [0.5, 0.6) is 0 Å². The molecule has 0 saturated carbocycles. The molecule has 28 heavy (non-hydrogen) atoms. The molecule has 1 saturated heterocycles. The second-order valence-electron chi connectivity index (χ2n) is 7.19. The molecule has 0 bridgehead atoms. The van der Waals surface area contributed by atoms with Gasteiger partial charge in [-0.25, -0.2) is 0 Å². The Morgan fingerprint density at radius 2 is 1.68 bits per heavy atom. The topological polar surface area (TPSA) is 59.9 Å². The van der Waals surface area contributed by atoms with Crippen LogP contribution in [-0.4, -0.2) is 42.2 Å². The Balaban J connectivity index is 1.45. The van der Waals surface area contributed by atoms with Gasteiger partial charge in [0, 0.05) is 44.8 Å². The Labute approximate surface area is 172 Å². The van der Waals surface area contributed by atoms with Crippen LogP contribution in [0, 0.1) is 0 Å². The molecule has 5 nitrogen and oxygen atoms in total. The fourth-order valence-corrected chi connectivity index (χ4v) is 3.53. The fourth-order valence-electron chi connectivity index (χ4n) is 3.33. The summed E-state index contributed by atoms with van der Waals surface area (Å²) in [7, 11) is 1.76. The monoisotopic (exact) mass is 400 g/mol. The van der Waals surface area contributed by atoms with Crippen LogP contribution in [0.4, 0.5) is 0 Å². The zero-order valence-electron chi connectivity index (χ0n) is 16.4. The third-order valence-electron chi connectivity index (χ3n) is 5.07. The number of nitrogens with one attached hydrogen (secondary N) is 2. The molecule has 1 fully saturated rings. The minimum Gasteiger partial charge on any atom is -0.393 e. The lowest BCUT2D eigenvalue weighted by molar-refractivity contribution is 0.0792. The summed E-state index contributed by atoms with van der Waals surface area (Å²) >= 11 is 6.20. The Bertz CT molecular complexity index is 770. The number of likely N-dealkylation sites (tertiary alicyclic amines) is 1. The number of hydrogen-bond donors (Lipinski definition) is 3. The third kappa shape index (κ3) is 6.23. The molecule has 0 atom stereocenters. The van der Waals surface area contributed by atoms with Crippen LogP contribution < -0.4 is 10.6 Å². The summed E-state index contributed by atoms with van der Waals surface area (Å²) in [5.74, 6) is 0.746. The van der Waals surface area contributed by atoms with Crippen LogP contribution in [0.25, 0.3) is 0 Å². The maximum Gasteiger partial charge on any atom is 0.191 e. The highest BCUT2D eigenvalue weighted by Gasteiger charge is 2.16. The second-order valence-corrected chi connectivity index (χ2v) is 7.60. The predicted molar refractivity (Wildman–Crippen MR) is 115 cm³/mol. The molecule has 2 aromatic rings. The first-order valence-electron chi connectivity index (χ1n) is 9.80. The predicted octanol–water partition coefficient (Wildman–Crippen LogP) is 3.16. The molecular formula is C22H29ClN4O. The van der Waals surface area contributed by atoms with E-state index in [1.54, 1.807) is 7.05 Å². The van der Waals surface area contributed by atoms with E-state index in [-0.39, 0.29) is 6.10 Å². The summed E-state index contributed by atoms with van der Waals surface area (Å²) < 4.78 is 0.